The number of nitrogen functional groups attached to an aromatic ring is 1. The number of carbonyl (C=O) groups is 1. The first-order chi connectivity index (χ1) is 9.32. The first-order valence-electron chi connectivity index (χ1n) is 6.48. The highest BCUT2D eigenvalue weighted by Gasteiger charge is 2.36. The maximum atomic E-state index is 12.4. The summed E-state index contributed by atoms with van der Waals surface area (Å²) in [7, 11) is 3.79. The van der Waals surface area contributed by atoms with Crippen molar-refractivity contribution in [3.05, 3.63) is 10.7 Å². The number of amides is 1. The smallest absolute Gasteiger partial charge is 0.273 e. The van der Waals surface area contributed by atoms with Gasteiger partial charge in [-0.2, -0.15) is 5.10 Å². The lowest BCUT2D eigenvalue weighted by Gasteiger charge is -2.40. The zero-order valence-electron chi connectivity index (χ0n) is 11.7. The highest BCUT2D eigenvalue weighted by molar-refractivity contribution is 6.35. The summed E-state index contributed by atoms with van der Waals surface area (Å²) >= 11 is 5.94. The molecule has 0 saturated carbocycles. The number of hydrogen-bond donors (Lipinski definition) is 3. The number of likely N-dealkylation sites (tertiary alicyclic amines) is 1. The number of anilines is 1. The van der Waals surface area contributed by atoms with Crippen molar-refractivity contribution >= 4 is 23.3 Å². The zero-order chi connectivity index (χ0) is 14.9. The molecule has 1 fully saturated rings. The minimum absolute atomic E-state index is 0.107. The summed E-state index contributed by atoms with van der Waals surface area (Å²) in [6.45, 7) is 1.37. The normalized spacial score (nSPS) is 23.4. The molecule has 1 aliphatic rings. The van der Waals surface area contributed by atoms with Crippen LogP contribution in [0, 0.1) is 0 Å². The van der Waals surface area contributed by atoms with E-state index in [1.54, 1.807) is 4.90 Å². The second kappa shape index (κ2) is 5.59. The number of H-pyrrole nitrogens is 1. The van der Waals surface area contributed by atoms with Crippen LogP contribution in [0.15, 0.2) is 0 Å². The van der Waals surface area contributed by atoms with Gasteiger partial charge in [0.25, 0.3) is 5.91 Å². The monoisotopic (exact) mass is 301 g/mol. The van der Waals surface area contributed by atoms with Crippen LogP contribution in [-0.2, 0) is 0 Å². The molecule has 1 aromatic rings. The molecule has 1 saturated heterocycles. The lowest BCUT2D eigenvalue weighted by Crippen LogP contribution is -2.54. The predicted molar refractivity (Wildman–Crippen MR) is 76.7 cm³/mol. The fraction of sp³-hybridized carbons (Fsp3) is 0.667. The number of nitrogens with two attached hydrogens (primary N) is 1. The lowest BCUT2D eigenvalue weighted by atomic mass is 9.92. The van der Waals surface area contributed by atoms with Gasteiger partial charge in [0.05, 0.1) is 12.1 Å². The fourth-order valence-corrected chi connectivity index (χ4v) is 2.81. The van der Waals surface area contributed by atoms with E-state index in [0.717, 1.165) is 6.42 Å². The quantitative estimate of drug-likeness (QED) is 0.739. The molecule has 7 nitrogen and oxygen atoms in total. The first kappa shape index (κ1) is 15.1. The summed E-state index contributed by atoms with van der Waals surface area (Å²) in [6.07, 6.45) is 1.42. The molecule has 0 bridgehead atoms. The molecule has 2 rings (SSSR count). The number of aliphatic hydroxyl groups is 1. The van der Waals surface area contributed by atoms with Crippen molar-refractivity contribution in [1.29, 1.82) is 0 Å². The van der Waals surface area contributed by atoms with E-state index in [4.69, 9.17) is 17.3 Å². The Morgan fingerprint density at radius 2 is 2.35 bits per heavy atom. The molecule has 0 aromatic carbocycles. The van der Waals surface area contributed by atoms with Crippen LogP contribution in [0.3, 0.4) is 0 Å². The molecule has 20 heavy (non-hydrogen) atoms. The van der Waals surface area contributed by atoms with Gasteiger partial charge in [-0.05, 0) is 26.9 Å². The van der Waals surface area contributed by atoms with Crippen molar-refractivity contribution in [1.82, 2.24) is 20.0 Å². The second-order valence-corrected chi connectivity index (χ2v) is 5.97. The molecule has 0 radical (unpaired) electrons. The number of aromatic amines is 1. The number of halogens is 1. The summed E-state index contributed by atoms with van der Waals surface area (Å²) in [5.41, 5.74) is 4.81. The number of nitrogens with zero attached hydrogens (tertiary/aromatic N) is 3. The van der Waals surface area contributed by atoms with E-state index < -0.39 is 5.60 Å². The summed E-state index contributed by atoms with van der Waals surface area (Å²) < 4.78 is 0. The molecule has 2 heterocycles. The molecule has 4 N–H and O–H groups in total. The van der Waals surface area contributed by atoms with Crippen LogP contribution in [0.25, 0.3) is 0 Å². The molecule has 1 amide bonds. The number of likely N-dealkylation sites (N-methyl/N-ethyl adjacent to an activating group) is 1. The van der Waals surface area contributed by atoms with Gasteiger partial charge in [0.2, 0.25) is 0 Å². The Morgan fingerprint density at radius 3 is 2.90 bits per heavy atom. The molecule has 0 spiro atoms. The largest absolute Gasteiger partial charge is 0.387 e. The third kappa shape index (κ3) is 3.05. The SMILES string of the molecule is CN(C)C[C@@]1(O)CCCN(C(=O)c2[nH]nc(N)c2Cl)C1. The zero-order valence-corrected chi connectivity index (χ0v) is 12.4. The molecule has 0 unspecified atom stereocenters. The highest BCUT2D eigenvalue weighted by atomic mass is 35.5. The topological polar surface area (TPSA) is 98.5 Å². The highest BCUT2D eigenvalue weighted by Crippen LogP contribution is 2.26. The van der Waals surface area contributed by atoms with Crippen molar-refractivity contribution < 1.29 is 9.90 Å². The van der Waals surface area contributed by atoms with E-state index >= 15 is 0 Å². The second-order valence-electron chi connectivity index (χ2n) is 5.59. The van der Waals surface area contributed by atoms with E-state index in [-0.39, 0.29) is 29.0 Å². The molecule has 0 aliphatic carbocycles. The Kier molecular flexibility index (Phi) is 4.22. The van der Waals surface area contributed by atoms with Gasteiger partial charge in [-0.25, -0.2) is 0 Å². The van der Waals surface area contributed by atoms with E-state index in [1.807, 2.05) is 19.0 Å². The van der Waals surface area contributed by atoms with Crippen molar-refractivity contribution in [3.63, 3.8) is 0 Å². The molecule has 112 valence electrons. The number of rotatable bonds is 3. The van der Waals surface area contributed by atoms with Gasteiger partial charge in [-0.1, -0.05) is 11.6 Å². The van der Waals surface area contributed by atoms with Gasteiger partial charge in [0, 0.05) is 13.1 Å². The van der Waals surface area contributed by atoms with Crippen molar-refractivity contribution in [2.24, 2.45) is 0 Å². The molecule has 8 heteroatoms. The van der Waals surface area contributed by atoms with Gasteiger partial charge >= 0.3 is 0 Å². The summed E-state index contributed by atoms with van der Waals surface area (Å²) in [4.78, 5) is 15.9. The summed E-state index contributed by atoms with van der Waals surface area (Å²) in [5.74, 6) is -0.174. The standard InChI is InChI=1S/C12H20ClN5O2/c1-17(2)6-12(20)4-3-5-18(7-12)11(19)9-8(13)10(14)16-15-9/h20H,3-7H2,1-2H3,(H3,14,15,16)/t12-/m0/s1. The van der Waals surface area contributed by atoms with Gasteiger partial charge in [0.1, 0.15) is 10.7 Å². The van der Waals surface area contributed by atoms with E-state index in [0.29, 0.717) is 19.5 Å². The fourth-order valence-electron chi connectivity index (χ4n) is 2.65. The summed E-state index contributed by atoms with van der Waals surface area (Å²) in [6, 6.07) is 0. The summed E-state index contributed by atoms with van der Waals surface area (Å²) in [5, 5.41) is 17.0. The van der Waals surface area contributed by atoms with E-state index in [9.17, 15) is 9.90 Å². The van der Waals surface area contributed by atoms with Crippen LogP contribution in [-0.4, -0.2) is 70.3 Å². The molecule has 1 aromatic heterocycles. The first-order valence-corrected chi connectivity index (χ1v) is 6.86. The molecule has 1 atom stereocenters. The van der Waals surface area contributed by atoms with E-state index in [2.05, 4.69) is 10.2 Å². The van der Waals surface area contributed by atoms with Crippen LogP contribution < -0.4 is 5.73 Å². The Labute approximate surface area is 122 Å². The number of aromatic nitrogens is 2. The number of piperidine rings is 1. The van der Waals surface area contributed by atoms with Crippen molar-refractivity contribution in [2.45, 2.75) is 18.4 Å². The third-order valence-electron chi connectivity index (χ3n) is 3.40. The maximum absolute atomic E-state index is 12.4. The third-order valence-corrected chi connectivity index (χ3v) is 3.78. The van der Waals surface area contributed by atoms with Crippen molar-refractivity contribution in [3.8, 4) is 0 Å². The van der Waals surface area contributed by atoms with Crippen LogP contribution in [0.2, 0.25) is 5.02 Å². The molecule has 1 aliphatic heterocycles. The van der Waals surface area contributed by atoms with Gasteiger partial charge in [-0.15, -0.1) is 0 Å². The number of carbonyl (C=O) groups excluding carboxylic acids is 1. The lowest BCUT2D eigenvalue weighted by molar-refractivity contribution is -0.0392. The minimum atomic E-state index is -0.893. The molecular formula is C12H20ClN5O2. The average molecular weight is 302 g/mol. The minimum Gasteiger partial charge on any atom is -0.387 e. The van der Waals surface area contributed by atoms with Crippen LogP contribution in [0.5, 0.6) is 0 Å². The maximum Gasteiger partial charge on any atom is 0.273 e. The van der Waals surface area contributed by atoms with Gasteiger partial charge in [-0.3, -0.25) is 9.89 Å². The number of nitrogens with one attached hydrogen (secondary N) is 1. The average Bonchev–Trinajstić information content (AvgIpc) is 2.67. The Hall–Kier alpha value is -1.31. The van der Waals surface area contributed by atoms with Crippen LogP contribution in [0.4, 0.5) is 5.82 Å². The van der Waals surface area contributed by atoms with Gasteiger partial charge < -0.3 is 20.6 Å². The van der Waals surface area contributed by atoms with Crippen LogP contribution in [0.1, 0.15) is 23.3 Å². The van der Waals surface area contributed by atoms with E-state index in [1.165, 1.54) is 0 Å². The number of hydrogen-bond acceptors (Lipinski definition) is 5. The van der Waals surface area contributed by atoms with Gasteiger partial charge in [0.15, 0.2) is 5.82 Å². The number of β-amino-alcohol motifs (C(OH)–C–C–N with tert-alkyl or cyclic N) is 1. The van der Waals surface area contributed by atoms with Crippen molar-refractivity contribution in [2.75, 3.05) is 39.5 Å². The Bertz CT molecular complexity index is 504. The molecular weight excluding hydrogens is 282 g/mol. The Morgan fingerprint density at radius 1 is 1.65 bits per heavy atom. The predicted octanol–water partition coefficient (Wildman–Crippen LogP) is 0.174. The Balaban J connectivity index is 2.13. The van der Waals surface area contributed by atoms with Crippen LogP contribution >= 0.6 is 11.6 Å².